The quantitative estimate of drug-likeness (QED) is 0.0484. The number of H-pyrrole nitrogens is 3. The number of piperidine rings is 2. The molecular formula is C69H79N13O9. The van der Waals surface area contributed by atoms with Gasteiger partial charge >= 0.3 is 17.1 Å². The molecule has 22 heteroatoms. The van der Waals surface area contributed by atoms with E-state index in [0.29, 0.717) is 62.1 Å². The van der Waals surface area contributed by atoms with Crippen LogP contribution >= 0.6 is 0 Å². The van der Waals surface area contributed by atoms with Gasteiger partial charge in [-0.15, -0.1) is 0 Å². The zero-order chi connectivity index (χ0) is 64.4. The minimum atomic E-state index is -0.404. The number of fused-ring (bicyclic) bond motifs is 2. The van der Waals surface area contributed by atoms with Gasteiger partial charge in [-0.1, -0.05) is 60.1 Å². The first-order chi connectivity index (χ1) is 43.7. The van der Waals surface area contributed by atoms with E-state index in [0.717, 1.165) is 73.4 Å². The Kier molecular flexibility index (Phi) is 18.3. The Bertz CT molecular complexity index is 4580. The van der Waals surface area contributed by atoms with Crippen LogP contribution in [-0.4, -0.2) is 115 Å². The van der Waals surface area contributed by atoms with E-state index in [1.165, 1.54) is 69.6 Å². The van der Waals surface area contributed by atoms with Gasteiger partial charge in [0.1, 0.15) is 34.5 Å². The van der Waals surface area contributed by atoms with Gasteiger partial charge in [0.25, 0.3) is 0 Å². The molecule has 474 valence electrons. The summed E-state index contributed by atoms with van der Waals surface area (Å²) in [4.78, 5) is 40.2. The standard InChI is InChI=1S/C26H31N5O3.C23H28N4O3.C20H20N4O3/c1-16(2)20-14-21(24(33)15-23(20)32)25-28-29-26(34)31(25)19-3-4-22-18(13-19)8-12-30(22)11-7-17-5-9-27-10-6-17;1-15(2)18-12-19(21(29)13-20(18)28)22-24-25-23(30)27(22)17-8-6-16(7-9-17)14-26-10-4-3-5-11-26;1-11(2)14-9-15(18(26)10-17(14)25)19-21-22-20(27)24(19)13-4-5-16-12(8-13)6-7-23(16)3/h3-4,8,12-17,27,32-33H,5-7,9-11H2,1-2H3,(H,29,34);6-9,12-13,15,28-29H,3-5,10-11,14H2,1-2H3,(H,25,30);4-11,25-26H,1-3H3,(H,22,27). The van der Waals surface area contributed by atoms with Crippen molar-refractivity contribution in [1.29, 1.82) is 0 Å². The van der Waals surface area contributed by atoms with Gasteiger partial charge in [-0.05, 0) is 183 Å². The molecule has 11 aromatic rings. The number of aromatic nitrogens is 11. The summed E-state index contributed by atoms with van der Waals surface area (Å²) in [6.07, 6.45) is 11.5. The van der Waals surface area contributed by atoms with Crippen LogP contribution in [0.4, 0.5) is 0 Å². The molecular weight excluding hydrogens is 1150 g/mol. The van der Waals surface area contributed by atoms with Gasteiger partial charge in [0, 0.05) is 72.5 Å². The summed E-state index contributed by atoms with van der Waals surface area (Å²) >= 11 is 0. The normalized spacial score (nSPS) is 14.0. The number of nitrogens with zero attached hydrogens (tertiary/aromatic N) is 9. The Morgan fingerprint density at radius 3 is 1.36 bits per heavy atom. The molecule has 2 aliphatic heterocycles. The van der Waals surface area contributed by atoms with Gasteiger partial charge in [0.15, 0.2) is 17.5 Å². The largest absolute Gasteiger partial charge is 0.508 e. The molecule has 2 saturated heterocycles. The maximum absolute atomic E-state index is 12.7. The third kappa shape index (κ3) is 13.2. The van der Waals surface area contributed by atoms with Gasteiger partial charge in [0.05, 0.1) is 33.8 Å². The fourth-order valence-electron chi connectivity index (χ4n) is 12.4. The maximum atomic E-state index is 12.7. The number of hydrogen-bond donors (Lipinski definition) is 10. The van der Waals surface area contributed by atoms with Crippen LogP contribution in [0.5, 0.6) is 34.5 Å². The molecule has 2 aliphatic rings. The highest BCUT2D eigenvalue weighted by Gasteiger charge is 2.24. The summed E-state index contributed by atoms with van der Waals surface area (Å²) in [5, 5.41) is 87.1. The fraction of sp³-hybridized carbons (Fsp3) is 0.333. The lowest BCUT2D eigenvalue weighted by Crippen LogP contribution is -2.29. The summed E-state index contributed by atoms with van der Waals surface area (Å²) in [5.41, 5.74) is 7.37. The zero-order valence-electron chi connectivity index (χ0n) is 52.3. The van der Waals surface area contributed by atoms with Crippen molar-refractivity contribution in [3.8, 4) is 85.7 Å². The lowest BCUT2D eigenvalue weighted by molar-refractivity contribution is 0.221. The first-order valence-electron chi connectivity index (χ1n) is 31.1. The maximum Gasteiger partial charge on any atom is 0.348 e. The van der Waals surface area contributed by atoms with Crippen molar-refractivity contribution in [2.24, 2.45) is 13.0 Å². The summed E-state index contributed by atoms with van der Waals surface area (Å²) in [5.74, 6) is 1.46. The van der Waals surface area contributed by atoms with Crippen molar-refractivity contribution >= 4 is 21.8 Å². The van der Waals surface area contributed by atoms with Crippen LogP contribution in [0.15, 0.2) is 136 Å². The van der Waals surface area contributed by atoms with Crippen LogP contribution in [-0.2, 0) is 20.1 Å². The predicted molar refractivity (Wildman–Crippen MR) is 352 cm³/mol. The van der Waals surface area contributed by atoms with E-state index < -0.39 is 11.4 Å². The molecule has 13 rings (SSSR count). The molecule has 7 heterocycles. The molecule has 0 atom stereocenters. The second kappa shape index (κ2) is 26.6. The third-order valence-electron chi connectivity index (χ3n) is 17.5. The minimum Gasteiger partial charge on any atom is -0.508 e. The molecule has 91 heavy (non-hydrogen) atoms. The van der Waals surface area contributed by atoms with E-state index in [-0.39, 0.29) is 63.8 Å². The van der Waals surface area contributed by atoms with Crippen LogP contribution in [0.2, 0.25) is 0 Å². The van der Waals surface area contributed by atoms with Crippen molar-refractivity contribution < 1.29 is 30.6 Å². The predicted octanol–water partition coefficient (Wildman–Crippen LogP) is 11.1. The van der Waals surface area contributed by atoms with E-state index in [4.69, 9.17) is 0 Å². The molecule has 0 saturated carbocycles. The van der Waals surface area contributed by atoms with Crippen molar-refractivity contribution in [3.63, 3.8) is 0 Å². The average molecular weight is 1230 g/mol. The van der Waals surface area contributed by atoms with E-state index in [9.17, 15) is 45.0 Å². The molecule has 6 aromatic carbocycles. The number of rotatable bonds is 14. The van der Waals surface area contributed by atoms with E-state index in [1.54, 1.807) is 18.2 Å². The van der Waals surface area contributed by atoms with E-state index >= 15 is 0 Å². The molecule has 0 spiro atoms. The first kappa shape index (κ1) is 62.5. The Hall–Kier alpha value is -10.1. The summed E-state index contributed by atoms with van der Waals surface area (Å²) in [6.45, 7) is 18.1. The van der Waals surface area contributed by atoms with Gasteiger partial charge in [0.2, 0.25) is 0 Å². The third-order valence-corrected chi connectivity index (χ3v) is 17.5. The number of aromatic amines is 3. The highest BCUT2D eigenvalue weighted by atomic mass is 16.3. The summed E-state index contributed by atoms with van der Waals surface area (Å²) in [7, 11) is 1.96. The minimum absolute atomic E-state index is 0.0152. The topological polar surface area (TPSA) is 299 Å². The molecule has 0 radical (unpaired) electrons. The molecule has 10 N–H and O–H groups in total. The van der Waals surface area contributed by atoms with Crippen molar-refractivity contribution in [1.82, 2.24) is 63.6 Å². The fourth-order valence-corrected chi connectivity index (χ4v) is 12.4. The second-order valence-electron chi connectivity index (χ2n) is 24.7. The smallest absolute Gasteiger partial charge is 0.348 e. The van der Waals surface area contributed by atoms with Gasteiger partial charge < -0.3 is 45.1 Å². The van der Waals surface area contributed by atoms with Crippen LogP contribution < -0.4 is 22.4 Å². The summed E-state index contributed by atoms with van der Waals surface area (Å²) in [6, 6.07) is 32.4. The molecule has 0 unspecified atom stereocenters. The van der Waals surface area contributed by atoms with E-state index in [1.807, 2.05) is 126 Å². The Labute approximate surface area is 525 Å². The lowest BCUT2D eigenvalue weighted by atomic mass is 9.95. The Morgan fingerprint density at radius 1 is 0.484 bits per heavy atom. The molecule has 0 bridgehead atoms. The van der Waals surface area contributed by atoms with Gasteiger partial charge in [-0.2, -0.15) is 15.3 Å². The Morgan fingerprint density at radius 2 is 0.901 bits per heavy atom. The number of aryl methyl sites for hydroxylation is 2. The second-order valence-corrected chi connectivity index (χ2v) is 24.7. The number of phenolic OH excluding ortho intramolecular Hbond substituents is 6. The van der Waals surface area contributed by atoms with E-state index in [2.05, 4.69) is 57.6 Å². The Balaban J connectivity index is 0.000000141. The van der Waals surface area contributed by atoms with Crippen LogP contribution in [0.1, 0.15) is 120 Å². The molecule has 0 amide bonds. The zero-order valence-corrected chi connectivity index (χ0v) is 52.3. The number of aromatic hydroxyl groups is 6. The average Bonchev–Trinajstić information content (AvgIpc) is 1.72. The van der Waals surface area contributed by atoms with Crippen molar-refractivity contribution in [3.05, 3.63) is 175 Å². The lowest BCUT2D eigenvalue weighted by Gasteiger charge is -2.26. The highest BCUT2D eigenvalue weighted by Crippen LogP contribution is 2.41. The number of phenols is 6. The molecule has 22 nitrogen and oxygen atoms in total. The number of nitrogens with one attached hydrogen (secondary N) is 4. The van der Waals surface area contributed by atoms with Crippen LogP contribution in [0, 0.1) is 5.92 Å². The first-order valence-corrected chi connectivity index (χ1v) is 31.1. The summed E-state index contributed by atoms with van der Waals surface area (Å²) < 4.78 is 8.60. The number of benzene rings is 6. The highest BCUT2D eigenvalue weighted by molar-refractivity contribution is 5.84. The number of hydrogen-bond acceptors (Lipinski definition) is 14. The van der Waals surface area contributed by atoms with Gasteiger partial charge in [-0.3, -0.25) is 4.90 Å². The monoisotopic (exact) mass is 1230 g/mol. The number of likely N-dealkylation sites (tertiary alicyclic amines) is 1. The SMILES string of the molecule is CC(C)c1cc(-c2n[nH]c(=O)n2-c2ccc(CN3CCCCC3)cc2)c(O)cc1O.CC(C)c1cc(-c2n[nH]c(=O)n2-c2ccc3c(ccn3C)c2)c(O)cc1O.CC(C)c1cc(-c2n[nH]c(=O)n2-c2ccc3c(ccn3CCC3CCNCC3)c2)c(O)cc1O. The van der Waals surface area contributed by atoms with Crippen LogP contribution in [0.3, 0.4) is 0 Å². The van der Waals surface area contributed by atoms with Crippen molar-refractivity contribution in [2.75, 3.05) is 26.2 Å². The molecule has 0 aliphatic carbocycles. The van der Waals surface area contributed by atoms with Gasteiger partial charge in [-0.25, -0.2) is 43.4 Å². The van der Waals surface area contributed by atoms with Crippen LogP contribution in [0.25, 0.3) is 73.0 Å². The molecule has 5 aromatic heterocycles. The van der Waals surface area contributed by atoms with Crippen molar-refractivity contribution in [2.45, 2.75) is 111 Å². The molecule has 2 fully saturated rings.